The van der Waals surface area contributed by atoms with E-state index in [2.05, 4.69) is 10.6 Å². The molecule has 2 rings (SSSR count). The third kappa shape index (κ3) is 6.27. The van der Waals surface area contributed by atoms with Gasteiger partial charge in [0, 0.05) is 5.69 Å². The Hall–Kier alpha value is -2.86. The molecule has 0 saturated carbocycles. The van der Waals surface area contributed by atoms with Crippen molar-refractivity contribution in [3.8, 4) is 5.75 Å². The normalized spacial score (nSPS) is 10.2. The molecule has 2 N–H and O–H groups in total. The van der Waals surface area contributed by atoms with Crippen molar-refractivity contribution in [2.24, 2.45) is 0 Å². The molecular formula is C19H22N2O4. The number of carbonyl (C=O) groups excluding carboxylic acids is 2. The van der Waals surface area contributed by atoms with E-state index in [1.54, 1.807) is 24.3 Å². The second-order valence-corrected chi connectivity index (χ2v) is 5.39. The zero-order chi connectivity index (χ0) is 18.1. The van der Waals surface area contributed by atoms with E-state index >= 15 is 0 Å². The highest BCUT2D eigenvalue weighted by Gasteiger charge is 2.09. The number of nitrogens with one attached hydrogen (secondary N) is 2. The summed E-state index contributed by atoms with van der Waals surface area (Å²) in [6, 6.07) is 14.6. The van der Waals surface area contributed by atoms with Gasteiger partial charge in [0.25, 0.3) is 0 Å². The highest BCUT2D eigenvalue weighted by molar-refractivity contribution is 5.94. The molecule has 0 aromatic heterocycles. The molecule has 2 aromatic rings. The Labute approximate surface area is 147 Å². The largest absolute Gasteiger partial charge is 0.492 e. The van der Waals surface area contributed by atoms with Crippen LogP contribution < -0.4 is 15.4 Å². The Kier molecular flexibility index (Phi) is 6.98. The first-order chi connectivity index (χ1) is 12.1. The van der Waals surface area contributed by atoms with Gasteiger partial charge in [0.1, 0.15) is 19.0 Å². The van der Waals surface area contributed by atoms with Gasteiger partial charge in [-0.25, -0.2) is 0 Å². The van der Waals surface area contributed by atoms with E-state index in [4.69, 9.17) is 9.47 Å². The molecule has 0 bridgehead atoms. The summed E-state index contributed by atoms with van der Waals surface area (Å²) in [5.74, 6) is -0.0702. The quantitative estimate of drug-likeness (QED) is 0.773. The molecule has 0 aliphatic heterocycles. The molecule has 0 spiro atoms. The van der Waals surface area contributed by atoms with Gasteiger partial charge in [-0.05, 0) is 43.7 Å². The number of benzene rings is 2. The summed E-state index contributed by atoms with van der Waals surface area (Å²) in [6.45, 7) is 3.89. The molecule has 132 valence electrons. The van der Waals surface area contributed by atoms with E-state index in [0.29, 0.717) is 23.7 Å². The topological polar surface area (TPSA) is 76.7 Å². The van der Waals surface area contributed by atoms with E-state index in [1.807, 2.05) is 38.1 Å². The molecule has 0 atom stereocenters. The van der Waals surface area contributed by atoms with Gasteiger partial charge in [-0.3, -0.25) is 9.59 Å². The van der Waals surface area contributed by atoms with Crippen LogP contribution in [0, 0.1) is 6.92 Å². The number of para-hydroxylation sites is 2. The Morgan fingerprint density at radius 1 is 0.960 bits per heavy atom. The van der Waals surface area contributed by atoms with Crippen molar-refractivity contribution in [3.63, 3.8) is 0 Å². The standard InChI is InChI=1S/C19H22N2O4/c1-3-25-17-10-5-4-9-16(17)21-19(23)13-24-12-18(22)20-15-8-6-7-14(2)11-15/h4-11H,3,12-13H2,1-2H3,(H,20,22)(H,21,23). The van der Waals surface area contributed by atoms with Crippen LogP contribution in [0.4, 0.5) is 11.4 Å². The van der Waals surface area contributed by atoms with Crippen molar-refractivity contribution < 1.29 is 19.1 Å². The number of hydrogen-bond acceptors (Lipinski definition) is 4. The van der Waals surface area contributed by atoms with Gasteiger partial charge >= 0.3 is 0 Å². The van der Waals surface area contributed by atoms with Crippen molar-refractivity contribution in [2.75, 3.05) is 30.5 Å². The lowest BCUT2D eigenvalue weighted by atomic mass is 10.2. The number of carbonyl (C=O) groups is 2. The zero-order valence-electron chi connectivity index (χ0n) is 14.4. The fraction of sp³-hybridized carbons (Fsp3) is 0.263. The number of amides is 2. The van der Waals surface area contributed by atoms with Crippen LogP contribution in [-0.2, 0) is 14.3 Å². The number of anilines is 2. The van der Waals surface area contributed by atoms with E-state index in [0.717, 1.165) is 5.56 Å². The van der Waals surface area contributed by atoms with Crippen molar-refractivity contribution in [1.29, 1.82) is 0 Å². The van der Waals surface area contributed by atoms with Crippen LogP contribution in [0.25, 0.3) is 0 Å². The Bertz CT molecular complexity index is 731. The van der Waals surface area contributed by atoms with Gasteiger partial charge < -0.3 is 20.1 Å². The van der Waals surface area contributed by atoms with Gasteiger partial charge in [0.15, 0.2) is 0 Å². The minimum absolute atomic E-state index is 0.200. The molecule has 2 amide bonds. The Morgan fingerprint density at radius 2 is 1.68 bits per heavy atom. The summed E-state index contributed by atoms with van der Waals surface area (Å²) in [7, 11) is 0. The lowest BCUT2D eigenvalue weighted by Gasteiger charge is -2.11. The van der Waals surface area contributed by atoms with Crippen LogP contribution in [-0.4, -0.2) is 31.6 Å². The fourth-order valence-electron chi connectivity index (χ4n) is 2.19. The van der Waals surface area contributed by atoms with Gasteiger partial charge in [-0.2, -0.15) is 0 Å². The first-order valence-corrected chi connectivity index (χ1v) is 8.04. The van der Waals surface area contributed by atoms with Crippen LogP contribution in [0.15, 0.2) is 48.5 Å². The van der Waals surface area contributed by atoms with Gasteiger partial charge in [0.05, 0.1) is 12.3 Å². The molecule has 6 nitrogen and oxygen atoms in total. The average molecular weight is 342 g/mol. The maximum Gasteiger partial charge on any atom is 0.250 e. The Balaban J connectivity index is 1.76. The van der Waals surface area contributed by atoms with E-state index in [-0.39, 0.29) is 25.0 Å². The molecule has 0 unspecified atom stereocenters. The first kappa shape index (κ1) is 18.5. The van der Waals surface area contributed by atoms with E-state index in [9.17, 15) is 9.59 Å². The fourth-order valence-corrected chi connectivity index (χ4v) is 2.19. The highest BCUT2D eigenvalue weighted by Crippen LogP contribution is 2.23. The van der Waals surface area contributed by atoms with Gasteiger partial charge in [-0.15, -0.1) is 0 Å². The second kappa shape index (κ2) is 9.44. The predicted molar refractivity (Wildman–Crippen MR) is 96.9 cm³/mol. The van der Waals surface area contributed by atoms with Gasteiger partial charge in [-0.1, -0.05) is 24.3 Å². The third-order valence-electron chi connectivity index (χ3n) is 3.23. The van der Waals surface area contributed by atoms with Crippen LogP contribution >= 0.6 is 0 Å². The number of rotatable bonds is 8. The molecule has 2 aromatic carbocycles. The molecule has 25 heavy (non-hydrogen) atoms. The minimum atomic E-state index is -0.351. The highest BCUT2D eigenvalue weighted by atomic mass is 16.5. The third-order valence-corrected chi connectivity index (χ3v) is 3.23. The lowest BCUT2D eigenvalue weighted by molar-refractivity contribution is -0.125. The van der Waals surface area contributed by atoms with Crippen molar-refractivity contribution in [1.82, 2.24) is 0 Å². The minimum Gasteiger partial charge on any atom is -0.492 e. The molecule has 6 heteroatoms. The number of aryl methyl sites for hydroxylation is 1. The predicted octanol–water partition coefficient (Wildman–Crippen LogP) is 2.99. The summed E-state index contributed by atoms with van der Waals surface area (Å²) in [4.78, 5) is 23.7. The van der Waals surface area contributed by atoms with Crippen LogP contribution in [0.5, 0.6) is 5.75 Å². The molecule has 0 aliphatic carbocycles. The molecule has 0 radical (unpaired) electrons. The van der Waals surface area contributed by atoms with E-state index in [1.165, 1.54) is 0 Å². The van der Waals surface area contributed by atoms with Crippen LogP contribution in [0.2, 0.25) is 0 Å². The SMILES string of the molecule is CCOc1ccccc1NC(=O)COCC(=O)Nc1cccc(C)c1. The van der Waals surface area contributed by atoms with Crippen molar-refractivity contribution in [3.05, 3.63) is 54.1 Å². The van der Waals surface area contributed by atoms with Crippen LogP contribution in [0.3, 0.4) is 0 Å². The first-order valence-electron chi connectivity index (χ1n) is 8.04. The summed E-state index contributed by atoms with van der Waals surface area (Å²) in [5, 5.41) is 5.42. The maximum atomic E-state index is 11.9. The molecule has 0 fully saturated rings. The summed E-state index contributed by atoms with van der Waals surface area (Å²) >= 11 is 0. The molecule has 0 heterocycles. The van der Waals surface area contributed by atoms with E-state index < -0.39 is 0 Å². The molecule has 0 aliphatic rings. The number of hydrogen-bond donors (Lipinski definition) is 2. The van der Waals surface area contributed by atoms with Crippen molar-refractivity contribution >= 4 is 23.2 Å². The number of ether oxygens (including phenoxy) is 2. The van der Waals surface area contributed by atoms with Gasteiger partial charge in [0.2, 0.25) is 11.8 Å². The molecular weight excluding hydrogens is 320 g/mol. The second-order valence-electron chi connectivity index (χ2n) is 5.39. The smallest absolute Gasteiger partial charge is 0.250 e. The summed E-state index contributed by atoms with van der Waals surface area (Å²) in [5.41, 5.74) is 2.32. The zero-order valence-corrected chi connectivity index (χ0v) is 14.4. The summed E-state index contributed by atoms with van der Waals surface area (Å²) < 4.78 is 10.6. The van der Waals surface area contributed by atoms with Crippen molar-refractivity contribution in [2.45, 2.75) is 13.8 Å². The molecule has 0 saturated heterocycles. The maximum absolute atomic E-state index is 11.9. The lowest BCUT2D eigenvalue weighted by Crippen LogP contribution is -2.24. The monoisotopic (exact) mass is 342 g/mol. The summed E-state index contributed by atoms with van der Waals surface area (Å²) in [6.07, 6.45) is 0. The average Bonchev–Trinajstić information content (AvgIpc) is 2.57. The Morgan fingerprint density at radius 3 is 2.40 bits per heavy atom. The van der Waals surface area contributed by atoms with Crippen LogP contribution in [0.1, 0.15) is 12.5 Å².